The van der Waals surface area contributed by atoms with Gasteiger partial charge in [0, 0.05) is 11.8 Å². The van der Waals surface area contributed by atoms with Crippen molar-refractivity contribution in [3.8, 4) is 0 Å². The van der Waals surface area contributed by atoms with E-state index in [4.69, 9.17) is 10.2 Å². The summed E-state index contributed by atoms with van der Waals surface area (Å²) in [6, 6.07) is 0. The number of carbonyl (C=O) groups is 2. The molecule has 0 heterocycles. The first-order valence-electron chi connectivity index (χ1n) is 5.94. The minimum Gasteiger partial charge on any atom is -0.389 e. The average Bonchev–Trinajstić information content (AvgIpc) is 2.37. The molecule has 2 N–H and O–H groups in total. The van der Waals surface area contributed by atoms with Crippen LogP contribution in [0.2, 0.25) is 0 Å². The second kappa shape index (κ2) is 4.63. The van der Waals surface area contributed by atoms with Crippen molar-refractivity contribution in [2.45, 2.75) is 25.7 Å². The third-order valence-corrected chi connectivity index (χ3v) is 4.30. The zero-order valence-corrected chi connectivity index (χ0v) is 9.26. The van der Waals surface area contributed by atoms with E-state index in [1.807, 2.05) is 0 Å². The Kier molecular flexibility index (Phi) is 3.40. The largest absolute Gasteiger partial charge is 0.389 e. The minimum atomic E-state index is -0.382. The Balaban J connectivity index is 2.06. The average molecular weight is 226 g/mol. The fourth-order valence-corrected chi connectivity index (χ4v) is 3.46. The lowest BCUT2D eigenvalue weighted by atomic mass is 9.58. The standard InChI is InChI=1S/C12H18O4/c13-5-11(15)9-4-8-2-1-7(9)3-10(8)12(16)6-14/h7-10,13-14H,1-6H2. The molecule has 4 unspecified atom stereocenters. The molecule has 0 spiro atoms. The highest BCUT2D eigenvalue weighted by Crippen LogP contribution is 2.48. The Bertz CT molecular complexity index is 269. The Morgan fingerprint density at radius 3 is 1.50 bits per heavy atom. The number of aliphatic hydroxyl groups excluding tert-OH is 2. The maximum atomic E-state index is 11.5. The van der Waals surface area contributed by atoms with Crippen LogP contribution in [0, 0.1) is 23.7 Å². The summed E-state index contributed by atoms with van der Waals surface area (Å²) in [6.07, 6.45) is 3.41. The number of aliphatic hydroxyl groups is 2. The highest BCUT2D eigenvalue weighted by molar-refractivity contribution is 5.85. The molecular weight excluding hydrogens is 208 g/mol. The van der Waals surface area contributed by atoms with Crippen molar-refractivity contribution in [1.29, 1.82) is 0 Å². The van der Waals surface area contributed by atoms with Gasteiger partial charge in [-0.1, -0.05) is 0 Å². The number of fused-ring (bicyclic) bond motifs is 3. The van der Waals surface area contributed by atoms with Crippen LogP contribution in [0.4, 0.5) is 0 Å². The van der Waals surface area contributed by atoms with Gasteiger partial charge in [0.2, 0.25) is 0 Å². The molecule has 0 radical (unpaired) electrons. The lowest BCUT2D eigenvalue weighted by Gasteiger charge is -2.45. The molecule has 3 aliphatic carbocycles. The van der Waals surface area contributed by atoms with E-state index in [0.29, 0.717) is 0 Å². The van der Waals surface area contributed by atoms with Gasteiger partial charge in [0.05, 0.1) is 0 Å². The van der Waals surface area contributed by atoms with E-state index < -0.39 is 0 Å². The van der Waals surface area contributed by atoms with Gasteiger partial charge in [-0.3, -0.25) is 9.59 Å². The van der Waals surface area contributed by atoms with E-state index >= 15 is 0 Å². The van der Waals surface area contributed by atoms with Crippen molar-refractivity contribution >= 4 is 11.6 Å². The summed E-state index contributed by atoms with van der Waals surface area (Å²) in [4.78, 5) is 23.0. The van der Waals surface area contributed by atoms with Gasteiger partial charge < -0.3 is 10.2 Å². The van der Waals surface area contributed by atoms with Gasteiger partial charge in [-0.2, -0.15) is 0 Å². The van der Waals surface area contributed by atoms with Gasteiger partial charge in [-0.25, -0.2) is 0 Å². The molecule has 0 aromatic heterocycles. The van der Waals surface area contributed by atoms with Gasteiger partial charge in [0.1, 0.15) is 13.2 Å². The first-order chi connectivity index (χ1) is 7.67. The molecule has 0 aliphatic heterocycles. The molecule has 4 atom stereocenters. The molecule has 0 aromatic carbocycles. The molecule has 3 saturated carbocycles. The van der Waals surface area contributed by atoms with Gasteiger partial charge in [-0.15, -0.1) is 0 Å². The minimum absolute atomic E-state index is 0.0495. The van der Waals surface area contributed by atoms with Crippen LogP contribution in [-0.4, -0.2) is 35.0 Å². The summed E-state index contributed by atoms with van der Waals surface area (Å²) in [5, 5.41) is 17.8. The molecule has 0 aromatic rings. The lowest BCUT2D eigenvalue weighted by molar-refractivity contribution is -0.139. The van der Waals surface area contributed by atoms with Crippen molar-refractivity contribution in [2.24, 2.45) is 23.7 Å². The highest BCUT2D eigenvalue weighted by Gasteiger charge is 2.46. The Hall–Kier alpha value is -0.740. The summed E-state index contributed by atoms with van der Waals surface area (Å²) >= 11 is 0. The fourth-order valence-electron chi connectivity index (χ4n) is 3.46. The van der Waals surface area contributed by atoms with Crippen LogP contribution < -0.4 is 0 Å². The molecule has 2 bridgehead atoms. The van der Waals surface area contributed by atoms with Crippen LogP contribution in [0.15, 0.2) is 0 Å². The van der Waals surface area contributed by atoms with Gasteiger partial charge in [0.25, 0.3) is 0 Å². The first-order valence-corrected chi connectivity index (χ1v) is 5.94. The molecule has 4 nitrogen and oxygen atoms in total. The van der Waals surface area contributed by atoms with Crippen molar-refractivity contribution in [3.05, 3.63) is 0 Å². The molecule has 16 heavy (non-hydrogen) atoms. The number of hydrogen-bond donors (Lipinski definition) is 2. The van der Waals surface area contributed by atoms with E-state index in [1.54, 1.807) is 0 Å². The van der Waals surface area contributed by atoms with Gasteiger partial charge >= 0.3 is 0 Å². The summed E-state index contributed by atoms with van der Waals surface area (Å²) < 4.78 is 0. The van der Waals surface area contributed by atoms with E-state index in [2.05, 4.69) is 0 Å². The summed E-state index contributed by atoms with van der Waals surface area (Å²) in [5.74, 6) is 0.225. The van der Waals surface area contributed by atoms with Gasteiger partial charge in [-0.05, 0) is 37.5 Å². The van der Waals surface area contributed by atoms with Crippen molar-refractivity contribution < 1.29 is 19.8 Å². The third-order valence-electron chi connectivity index (χ3n) is 4.30. The molecule has 4 heteroatoms. The fraction of sp³-hybridized carbons (Fsp3) is 0.833. The van der Waals surface area contributed by atoms with Gasteiger partial charge in [0.15, 0.2) is 11.6 Å². The Morgan fingerprint density at radius 2 is 1.25 bits per heavy atom. The third kappa shape index (κ3) is 1.92. The SMILES string of the molecule is O=C(CO)C1CC2CCC1CC2C(=O)CO. The lowest BCUT2D eigenvalue weighted by Crippen LogP contribution is -2.45. The van der Waals surface area contributed by atoms with Crippen molar-refractivity contribution in [3.63, 3.8) is 0 Å². The molecule has 0 amide bonds. The van der Waals surface area contributed by atoms with Crippen LogP contribution in [0.5, 0.6) is 0 Å². The maximum Gasteiger partial charge on any atom is 0.161 e. The van der Waals surface area contributed by atoms with Crippen molar-refractivity contribution in [2.75, 3.05) is 13.2 Å². The van der Waals surface area contributed by atoms with Crippen LogP contribution in [0.25, 0.3) is 0 Å². The quantitative estimate of drug-likeness (QED) is 0.716. The Labute approximate surface area is 94.7 Å². The summed E-state index contributed by atoms with van der Waals surface area (Å²) in [7, 11) is 0. The van der Waals surface area contributed by atoms with Crippen molar-refractivity contribution in [1.82, 2.24) is 0 Å². The van der Waals surface area contributed by atoms with E-state index in [9.17, 15) is 9.59 Å². The smallest absolute Gasteiger partial charge is 0.161 e. The van der Waals surface area contributed by atoms with E-state index in [1.165, 1.54) is 0 Å². The molecular formula is C12H18O4. The number of carbonyl (C=O) groups excluding carboxylic acids is 2. The molecule has 90 valence electrons. The summed E-state index contributed by atoms with van der Waals surface area (Å²) in [5.41, 5.74) is 0. The zero-order valence-electron chi connectivity index (χ0n) is 9.26. The van der Waals surface area contributed by atoms with Crippen LogP contribution in [0.3, 0.4) is 0 Å². The maximum absolute atomic E-state index is 11.5. The topological polar surface area (TPSA) is 74.6 Å². The second-order valence-electron chi connectivity index (χ2n) is 5.03. The predicted molar refractivity (Wildman–Crippen MR) is 56.6 cm³/mol. The normalized spacial score (nSPS) is 37.4. The van der Waals surface area contributed by atoms with Crippen LogP contribution in [-0.2, 0) is 9.59 Å². The molecule has 3 rings (SSSR count). The molecule has 3 fully saturated rings. The number of rotatable bonds is 4. The van der Waals surface area contributed by atoms with E-state index in [-0.39, 0.29) is 48.5 Å². The molecule has 3 aliphatic rings. The first kappa shape index (κ1) is 11.7. The number of Topliss-reactive ketones (excluding diaryl/α,β-unsaturated/α-hetero) is 2. The predicted octanol–water partition coefficient (Wildman–Crippen LogP) is 0.162. The highest BCUT2D eigenvalue weighted by atomic mass is 16.3. The monoisotopic (exact) mass is 226 g/mol. The summed E-state index contributed by atoms with van der Waals surface area (Å²) in [6.45, 7) is -0.765. The van der Waals surface area contributed by atoms with Crippen LogP contribution >= 0.6 is 0 Å². The molecule has 0 saturated heterocycles. The van der Waals surface area contributed by atoms with E-state index in [0.717, 1.165) is 25.7 Å². The Morgan fingerprint density at radius 1 is 0.875 bits per heavy atom. The number of hydrogen-bond acceptors (Lipinski definition) is 4. The van der Waals surface area contributed by atoms with Crippen LogP contribution in [0.1, 0.15) is 25.7 Å². The zero-order chi connectivity index (χ0) is 11.7. The number of ketones is 2. The second-order valence-corrected chi connectivity index (χ2v) is 5.03.